The van der Waals surface area contributed by atoms with Crippen molar-refractivity contribution in [1.82, 2.24) is 4.98 Å². The lowest BCUT2D eigenvalue weighted by molar-refractivity contribution is -0.389. The first kappa shape index (κ1) is 7.60. The van der Waals surface area contributed by atoms with Gasteiger partial charge in [0.1, 0.15) is 11.3 Å². The Labute approximate surface area is 72.8 Å². The quantitative estimate of drug-likeness (QED) is 0.516. The highest BCUT2D eigenvalue weighted by atomic mass is 16.6. The number of nitrogens with one attached hydrogen (secondary N) is 1. The third-order valence-corrected chi connectivity index (χ3v) is 1.82. The standard InChI is InChI=1S/C8H6N2O3/c11-7-3-1-2-6-5(7)4-8(9-6)10(12)13/h1-4,9,11H. The number of H-pyrrole nitrogens is 1. The van der Waals surface area contributed by atoms with E-state index in [9.17, 15) is 15.2 Å². The average Bonchev–Trinajstić information content (AvgIpc) is 2.49. The fourth-order valence-corrected chi connectivity index (χ4v) is 1.22. The van der Waals surface area contributed by atoms with Crippen LogP contribution in [0.5, 0.6) is 5.75 Å². The topological polar surface area (TPSA) is 79.2 Å². The molecule has 66 valence electrons. The lowest BCUT2D eigenvalue weighted by atomic mass is 10.2. The average molecular weight is 178 g/mol. The molecule has 0 saturated heterocycles. The number of hydrogen-bond donors (Lipinski definition) is 2. The molecule has 0 spiro atoms. The predicted molar refractivity (Wildman–Crippen MR) is 46.6 cm³/mol. The third-order valence-electron chi connectivity index (χ3n) is 1.82. The number of rotatable bonds is 1. The van der Waals surface area contributed by atoms with Gasteiger partial charge >= 0.3 is 5.82 Å². The van der Waals surface area contributed by atoms with E-state index in [1.165, 1.54) is 12.1 Å². The van der Waals surface area contributed by atoms with Crippen LogP contribution in [0, 0.1) is 10.1 Å². The van der Waals surface area contributed by atoms with Crippen LogP contribution >= 0.6 is 0 Å². The summed E-state index contributed by atoms with van der Waals surface area (Å²) >= 11 is 0. The molecule has 1 aromatic heterocycles. The van der Waals surface area contributed by atoms with Gasteiger partial charge in [0, 0.05) is 6.07 Å². The molecule has 2 N–H and O–H groups in total. The van der Waals surface area contributed by atoms with Crippen LogP contribution in [0.4, 0.5) is 5.82 Å². The molecule has 1 aromatic carbocycles. The summed E-state index contributed by atoms with van der Waals surface area (Å²) in [6.45, 7) is 0. The molecule has 2 rings (SSSR count). The zero-order chi connectivity index (χ0) is 9.42. The van der Waals surface area contributed by atoms with E-state index in [1.807, 2.05) is 0 Å². The molecule has 0 amide bonds. The molecule has 2 aromatic rings. The summed E-state index contributed by atoms with van der Waals surface area (Å²) in [7, 11) is 0. The van der Waals surface area contributed by atoms with Gasteiger partial charge in [0.05, 0.1) is 5.39 Å². The largest absolute Gasteiger partial charge is 0.507 e. The second-order valence-corrected chi connectivity index (χ2v) is 2.65. The fraction of sp³-hybridized carbons (Fsp3) is 0. The number of phenolic OH excluding ortho intramolecular Hbond substituents is 1. The Balaban J connectivity index is 2.75. The highest BCUT2D eigenvalue weighted by Crippen LogP contribution is 2.27. The number of hydrogen-bond acceptors (Lipinski definition) is 3. The van der Waals surface area contributed by atoms with Crippen molar-refractivity contribution in [3.8, 4) is 5.75 Å². The summed E-state index contributed by atoms with van der Waals surface area (Å²) in [5.74, 6) is -0.0710. The monoisotopic (exact) mass is 178 g/mol. The minimum Gasteiger partial charge on any atom is -0.507 e. The molecule has 0 atom stereocenters. The fourth-order valence-electron chi connectivity index (χ4n) is 1.22. The van der Waals surface area contributed by atoms with Gasteiger partial charge in [-0.3, -0.25) is 0 Å². The number of nitro groups is 1. The first-order valence-electron chi connectivity index (χ1n) is 3.63. The van der Waals surface area contributed by atoms with E-state index in [2.05, 4.69) is 4.98 Å². The summed E-state index contributed by atoms with van der Waals surface area (Å²) in [6.07, 6.45) is 0. The minimum absolute atomic E-state index is 0.0434. The van der Waals surface area contributed by atoms with Crippen molar-refractivity contribution in [1.29, 1.82) is 0 Å². The molecule has 0 saturated carbocycles. The molecule has 0 aliphatic heterocycles. The van der Waals surface area contributed by atoms with Crippen LogP contribution < -0.4 is 0 Å². The van der Waals surface area contributed by atoms with Crippen LogP contribution in [0.15, 0.2) is 24.3 Å². The molecule has 13 heavy (non-hydrogen) atoms. The van der Waals surface area contributed by atoms with Crippen LogP contribution in [-0.4, -0.2) is 15.0 Å². The van der Waals surface area contributed by atoms with Gasteiger partial charge in [0.15, 0.2) is 0 Å². The van der Waals surface area contributed by atoms with Crippen LogP contribution in [0.3, 0.4) is 0 Å². The number of aromatic amines is 1. The summed E-state index contributed by atoms with van der Waals surface area (Å²) in [5, 5.41) is 20.2. The second kappa shape index (κ2) is 2.48. The lowest BCUT2D eigenvalue weighted by Gasteiger charge is -1.88. The van der Waals surface area contributed by atoms with E-state index in [4.69, 9.17) is 0 Å². The van der Waals surface area contributed by atoms with Crippen molar-refractivity contribution in [3.05, 3.63) is 34.4 Å². The van der Waals surface area contributed by atoms with Crippen molar-refractivity contribution in [2.45, 2.75) is 0 Å². The molecule has 1 heterocycles. The summed E-state index contributed by atoms with van der Waals surface area (Å²) < 4.78 is 0. The van der Waals surface area contributed by atoms with Gasteiger partial charge in [0.2, 0.25) is 0 Å². The molecule has 0 radical (unpaired) electrons. The zero-order valence-corrected chi connectivity index (χ0v) is 6.52. The van der Waals surface area contributed by atoms with E-state index in [-0.39, 0.29) is 11.6 Å². The molecule has 0 aliphatic rings. The highest BCUT2D eigenvalue weighted by Gasteiger charge is 2.11. The van der Waals surface area contributed by atoms with Gasteiger partial charge < -0.3 is 15.2 Å². The first-order chi connectivity index (χ1) is 6.18. The number of fused-ring (bicyclic) bond motifs is 1. The van der Waals surface area contributed by atoms with Crippen molar-refractivity contribution in [2.24, 2.45) is 0 Å². The molecule has 0 aliphatic carbocycles. The first-order valence-corrected chi connectivity index (χ1v) is 3.63. The van der Waals surface area contributed by atoms with E-state index < -0.39 is 4.92 Å². The number of benzene rings is 1. The lowest BCUT2D eigenvalue weighted by Crippen LogP contribution is -1.85. The summed E-state index contributed by atoms with van der Waals surface area (Å²) in [5.41, 5.74) is 0.562. The van der Waals surface area contributed by atoms with Crippen LogP contribution in [0.25, 0.3) is 10.9 Å². The summed E-state index contributed by atoms with van der Waals surface area (Å²) in [6, 6.07) is 6.09. The minimum atomic E-state index is -0.528. The normalized spacial score (nSPS) is 10.5. The van der Waals surface area contributed by atoms with Crippen molar-refractivity contribution in [2.75, 3.05) is 0 Å². The van der Waals surface area contributed by atoms with Gasteiger partial charge in [-0.05, 0) is 17.1 Å². The Hall–Kier alpha value is -2.04. The van der Waals surface area contributed by atoms with Crippen LogP contribution in [0.1, 0.15) is 0 Å². The van der Waals surface area contributed by atoms with Gasteiger partial charge in [-0.25, -0.2) is 4.98 Å². The number of aromatic nitrogens is 1. The van der Waals surface area contributed by atoms with Crippen LogP contribution in [-0.2, 0) is 0 Å². The van der Waals surface area contributed by atoms with E-state index in [0.717, 1.165) is 0 Å². The Kier molecular flexibility index (Phi) is 1.45. The van der Waals surface area contributed by atoms with Gasteiger partial charge in [-0.15, -0.1) is 0 Å². The smallest absolute Gasteiger partial charge is 0.322 e. The van der Waals surface area contributed by atoms with E-state index in [1.54, 1.807) is 12.1 Å². The predicted octanol–water partition coefficient (Wildman–Crippen LogP) is 1.78. The highest BCUT2D eigenvalue weighted by molar-refractivity contribution is 5.87. The molecule has 5 heteroatoms. The van der Waals surface area contributed by atoms with E-state index >= 15 is 0 Å². The Morgan fingerprint density at radius 1 is 1.46 bits per heavy atom. The zero-order valence-electron chi connectivity index (χ0n) is 6.52. The Morgan fingerprint density at radius 3 is 2.85 bits per heavy atom. The van der Waals surface area contributed by atoms with Crippen molar-refractivity contribution in [3.63, 3.8) is 0 Å². The molecule has 0 fully saturated rings. The SMILES string of the molecule is O=[N+]([O-])c1cc2c(O)cccc2[nH]1. The molecule has 5 nitrogen and oxygen atoms in total. The second-order valence-electron chi connectivity index (χ2n) is 2.65. The van der Waals surface area contributed by atoms with Gasteiger partial charge in [0.25, 0.3) is 0 Å². The third kappa shape index (κ3) is 1.10. The number of nitrogens with zero attached hydrogens (tertiary/aromatic N) is 1. The maximum atomic E-state index is 10.4. The molecular formula is C8H6N2O3. The number of aromatic hydroxyl groups is 1. The van der Waals surface area contributed by atoms with Crippen molar-refractivity contribution < 1.29 is 10.0 Å². The van der Waals surface area contributed by atoms with Gasteiger partial charge in [-0.1, -0.05) is 6.07 Å². The molecule has 0 bridgehead atoms. The Morgan fingerprint density at radius 2 is 2.23 bits per heavy atom. The maximum Gasteiger partial charge on any atom is 0.322 e. The Bertz CT molecular complexity index is 475. The van der Waals surface area contributed by atoms with Gasteiger partial charge in [-0.2, -0.15) is 0 Å². The molecule has 0 unspecified atom stereocenters. The van der Waals surface area contributed by atoms with E-state index in [0.29, 0.717) is 10.9 Å². The summed E-state index contributed by atoms with van der Waals surface area (Å²) in [4.78, 5) is 12.4. The van der Waals surface area contributed by atoms with Crippen LogP contribution in [0.2, 0.25) is 0 Å². The van der Waals surface area contributed by atoms with Crippen molar-refractivity contribution >= 4 is 16.7 Å². The molecular weight excluding hydrogens is 172 g/mol. The maximum absolute atomic E-state index is 10.4. The number of phenols is 1.